The van der Waals surface area contributed by atoms with Crippen LogP contribution in [0.5, 0.6) is 0 Å². The number of nitrogens with two attached hydrogens (primary N) is 1. The summed E-state index contributed by atoms with van der Waals surface area (Å²) in [4.78, 5) is 12.2. The Morgan fingerprint density at radius 2 is 2.19 bits per heavy atom. The summed E-state index contributed by atoms with van der Waals surface area (Å²) in [6.45, 7) is 3.66. The monoisotopic (exact) mass is 328 g/mol. The third-order valence-electron chi connectivity index (χ3n) is 3.01. The number of nitrogens with zero attached hydrogens (tertiary/aromatic N) is 2. The summed E-state index contributed by atoms with van der Waals surface area (Å²) >= 11 is 1.04. The molecule has 7 nitrogen and oxygen atoms in total. The quantitative estimate of drug-likeness (QED) is 0.870. The molecule has 0 fully saturated rings. The van der Waals surface area contributed by atoms with Gasteiger partial charge in [0.1, 0.15) is 9.77 Å². The van der Waals surface area contributed by atoms with Crippen molar-refractivity contribution in [3.05, 3.63) is 33.8 Å². The van der Waals surface area contributed by atoms with E-state index in [-0.39, 0.29) is 15.8 Å². The average Bonchev–Trinajstić information content (AvgIpc) is 2.94. The molecule has 2 aromatic heterocycles. The van der Waals surface area contributed by atoms with Crippen molar-refractivity contribution in [1.29, 1.82) is 0 Å². The highest BCUT2D eigenvalue weighted by Crippen LogP contribution is 2.22. The Labute approximate surface area is 126 Å². The predicted octanol–water partition coefficient (Wildman–Crippen LogP) is 0.928. The van der Waals surface area contributed by atoms with Gasteiger partial charge in [0.05, 0.1) is 11.7 Å². The van der Waals surface area contributed by atoms with E-state index in [0.29, 0.717) is 0 Å². The number of amides is 1. The molecule has 0 spiro atoms. The van der Waals surface area contributed by atoms with Crippen molar-refractivity contribution in [3.8, 4) is 0 Å². The van der Waals surface area contributed by atoms with Crippen molar-refractivity contribution in [2.45, 2.75) is 24.8 Å². The molecule has 0 aliphatic rings. The van der Waals surface area contributed by atoms with E-state index >= 15 is 0 Å². The maximum atomic E-state index is 12.2. The summed E-state index contributed by atoms with van der Waals surface area (Å²) in [5.41, 5.74) is 1.68. The zero-order chi connectivity index (χ0) is 15.8. The van der Waals surface area contributed by atoms with Crippen LogP contribution < -0.4 is 10.5 Å². The fourth-order valence-electron chi connectivity index (χ4n) is 2.07. The van der Waals surface area contributed by atoms with Crippen molar-refractivity contribution in [1.82, 2.24) is 15.1 Å². The smallest absolute Gasteiger partial charge is 0.263 e. The molecule has 0 aromatic carbocycles. The number of rotatable bonds is 4. The second kappa shape index (κ2) is 5.58. The van der Waals surface area contributed by atoms with Gasteiger partial charge in [0.15, 0.2) is 0 Å². The molecule has 3 N–H and O–H groups in total. The first kappa shape index (κ1) is 15.7. The van der Waals surface area contributed by atoms with Crippen LogP contribution in [0.2, 0.25) is 0 Å². The lowest BCUT2D eigenvalue weighted by atomic mass is 10.1. The van der Waals surface area contributed by atoms with Gasteiger partial charge in [-0.25, -0.2) is 13.6 Å². The summed E-state index contributed by atoms with van der Waals surface area (Å²) < 4.78 is 24.5. The number of carbonyl (C=O) groups excluding carboxylic acids is 1. The summed E-state index contributed by atoms with van der Waals surface area (Å²) in [5.74, 6) is -0.468. The Bertz CT molecular complexity index is 776. The number of primary sulfonamides is 1. The average molecular weight is 328 g/mol. The summed E-state index contributed by atoms with van der Waals surface area (Å²) in [5, 5.41) is 13.6. The Morgan fingerprint density at radius 3 is 2.71 bits per heavy atom. The molecule has 1 atom stereocenters. The first-order valence-corrected chi connectivity index (χ1v) is 8.54. The lowest BCUT2D eigenvalue weighted by Gasteiger charge is -2.13. The zero-order valence-electron chi connectivity index (χ0n) is 11.8. The lowest BCUT2D eigenvalue weighted by molar-refractivity contribution is 0.0941. The summed E-state index contributed by atoms with van der Waals surface area (Å²) in [6.07, 6.45) is 1.81. The molecular weight excluding hydrogens is 312 g/mol. The highest BCUT2D eigenvalue weighted by molar-refractivity contribution is 7.89. The Morgan fingerprint density at radius 1 is 1.52 bits per heavy atom. The molecule has 0 unspecified atom stereocenters. The molecule has 9 heteroatoms. The standard InChI is InChI=1S/C12H16N4O3S2/c1-7(9-6-16(3)15-8(9)2)14-12(17)11-10(4-5-20-11)21(13,18)19/h4-7H,1-3H3,(H,14,17)(H2,13,18,19)/t7-/m0/s1. The second-order valence-corrected chi connectivity index (χ2v) is 7.14. The largest absolute Gasteiger partial charge is 0.345 e. The molecule has 0 saturated heterocycles. The maximum absolute atomic E-state index is 12.2. The number of aromatic nitrogens is 2. The van der Waals surface area contributed by atoms with E-state index in [2.05, 4.69) is 10.4 Å². The van der Waals surface area contributed by atoms with E-state index < -0.39 is 15.9 Å². The molecule has 0 aliphatic carbocycles. The first-order chi connectivity index (χ1) is 9.70. The van der Waals surface area contributed by atoms with Crippen LogP contribution in [0.4, 0.5) is 0 Å². The van der Waals surface area contributed by atoms with Gasteiger partial charge in [-0.05, 0) is 25.3 Å². The minimum atomic E-state index is -3.91. The normalized spacial score (nSPS) is 13.1. The first-order valence-electron chi connectivity index (χ1n) is 6.11. The molecule has 21 heavy (non-hydrogen) atoms. The number of carbonyl (C=O) groups is 1. The summed E-state index contributed by atoms with van der Waals surface area (Å²) in [6, 6.07) is 1.04. The molecule has 0 saturated carbocycles. The molecule has 0 aliphatic heterocycles. The van der Waals surface area contributed by atoms with E-state index in [0.717, 1.165) is 22.6 Å². The van der Waals surface area contributed by atoms with Crippen LogP contribution in [0.25, 0.3) is 0 Å². The van der Waals surface area contributed by atoms with Crippen molar-refractivity contribution in [2.24, 2.45) is 12.2 Å². The van der Waals surface area contributed by atoms with Gasteiger partial charge in [0.25, 0.3) is 5.91 Å². The number of nitrogens with one attached hydrogen (secondary N) is 1. The SMILES string of the molecule is Cc1nn(C)cc1[C@H](C)NC(=O)c1sccc1S(N)(=O)=O. The van der Waals surface area contributed by atoms with Crippen LogP contribution >= 0.6 is 11.3 Å². The maximum Gasteiger partial charge on any atom is 0.263 e. The number of aryl methyl sites for hydroxylation is 2. The number of thiophene rings is 1. The van der Waals surface area contributed by atoms with Crippen LogP contribution in [0.1, 0.15) is 33.9 Å². The molecule has 2 heterocycles. The molecule has 2 rings (SSSR count). The van der Waals surface area contributed by atoms with E-state index in [4.69, 9.17) is 5.14 Å². The minimum Gasteiger partial charge on any atom is -0.345 e. The highest BCUT2D eigenvalue weighted by Gasteiger charge is 2.23. The lowest BCUT2D eigenvalue weighted by Crippen LogP contribution is -2.28. The van der Waals surface area contributed by atoms with Gasteiger partial charge in [-0.15, -0.1) is 11.3 Å². The highest BCUT2D eigenvalue weighted by atomic mass is 32.2. The molecule has 1 amide bonds. The van der Waals surface area contributed by atoms with Crippen molar-refractivity contribution < 1.29 is 13.2 Å². The third-order valence-corrected chi connectivity index (χ3v) is 5.00. The molecule has 114 valence electrons. The van der Waals surface area contributed by atoms with Crippen molar-refractivity contribution in [3.63, 3.8) is 0 Å². The zero-order valence-corrected chi connectivity index (χ0v) is 13.5. The Kier molecular flexibility index (Phi) is 4.17. The van der Waals surface area contributed by atoms with Crippen LogP contribution in [-0.2, 0) is 17.1 Å². The minimum absolute atomic E-state index is 0.0888. The van der Waals surface area contributed by atoms with Crippen LogP contribution in [-0.4, -0.2) is 24.1 Å². The predicted molar refractivity (Wildman–Crippen MR) is 79.5 cm³/mol. The van der Waals surface area contributed by atoms with Crippen LogP contribution in [0, 0.1) is 6.92 Å². The second-order valence-electron chi connectivity index (χ2n) is 4.70. The van der Waals surface area contributed by atoms with Crippen molar-refractivity contribution in [2.75, 3.05) is 0 Å². The molecule has 0 radical (unpaired) electrons. The Hall–Kier alpha value is -1.71. The van der Waals surface area contributed by atoms with Gasteiger partial charge in [0.2, 0.25) is 10.0 Å². The topological polar surface area (TPSA) is 107 Å². The third kappa shape index (κ3) is 3.31. The Balaban J connectivity index is 2.23. The van der Waals surface area contributed by atoms with E-state index in [9.17, 15) is 13.2 Å². The van der Waals surface area contributed by atoms with Gasteiger partial charge >= 0.3 is 0 Å². The van der Waals surface area contributed by atoms with E-state index in [1.165, 1.54) is 11.4 Å². The fraction of sp³-hybridized carbons (Fsp3) is 0.333. The van der Waals surface area contributed by atoms with Crippen LogP contribution in [0.15, 0.2) is 22.5 Å². The van der Waals surface area contributed by atoms with Crippen LogP contribution in [0.3, 0.4) is 0 Å². The number of hydrogen-bond acceptors (Lipinski definition) is 5. The molecule has 0 bridgehead atoms. The van der Waals surface area contributed by atoms with Gasteiger partial charge in [-0.2, -0.15) is 5.10 Å². The fourth-order valence-corrected chi connectivity index (χ4v) is 3.95. The summed E-state index contributed by atoms with van der Waals surface area (Å²) in [7, 11) is -2.11. The van der Waals surface area contributed by atoms with Gasteiger partial charge in [-0.3, -0.25) is 9.48 Å². The van der Waals surface area contributed by atoms with Gasteiger partial charge in [0, 0.05) is 18.8 Å². The number of sulfonamides is 1. The van der Waals surface area contributed by atoms with E-state index in [1.54, 1.807) is 11.7 Å². The number of hydrogen-bond donors (Lipinski definition) is 2. The molecular formula is C12H16N4O3S2. The van der Waals surface area contributed by atoms with Gasteiger partial charge in [-0.1, -0.05) is 0 Å². The van der Waals surface area contributed by atoms with Crippen molar-refractivity contribution >= 4 is 27.3 Å². The molecule has 2 aromatic rings. The van der Waals surface area contributed by atoms with Gasteiger partial charge < -0.3 is 5.32 Å². The van der Waals surface area contributed by atoms with E-state index in [1.807, 2.05) is 20.0 Å².